The highest BCUT2D eigenvalue weighted by atomic mass is 35.5. The van der Waals surface area contributed by atoms with Crippen LogP contribution in [0.4, 0.5) is 0 Å². The first-order valence-electron chi connectivity index (χ1n) is 4.24. The summed E-state index contributed by atoms with van der Waals surface area (Å²) < 4.78 is 0. The Bertz CT molecular complexity index is 284. The number of hydrogen-bond acceptors (Lipinski definition) is 3. The van der Waals surface area contributed by atoms with Gasteiger partial charge in [-0.3, -0.25) is 16.7 Å². The fraction of sp³-hybridized carbons (Fsp3) is 0.222. The van der Waals surface area contributed by atoms with Gasteiger partial charge in [0.05, 0.1) is 6.34 Å². The van der Waals surface area contributed by atoms with E-state index in [9.17, 15) is 0 Å². The standard InChI is InChI=1S/C8H10Cl2N2.CH4N2/c9-7-2-1-3-8(10)6(7)4-5-12-11;2-1-3/h1-3,12H,4-5,11H2;1H,(H3,2,3). The molecule has 6 N–H and O–H groups in total. The number of nitrogens with one attached hydrogen (secondary N) is 2. The molecule has 0 spiro atoms. The maximum absolute atomic E-state index is 5.91. The highest BCUT2D eigenvalue weighted by molar-refractivity contribution is 6.35. The Kier molecular flexibility index (Phi) is 8.04. The molecule has 0 unspecified atom stereocenters. The Morgan fingerprint density at radius 3 is 2.20 bits per heavy atom. The molecule has 1 aromatic rings. The Balaban J connectivity index is 0.000000583. The molecule has 0 aromatic heterocycles. The second kappa shape index (κ2) is 8.49. The van der Waals surface area contributed by atoms with Gasteiger partial charge >= 0.3 is 0 Å². The number of hydrogen-bond donors (Lipinski definition) is 4. The maximum atomic E-state index is 5.91. The summed E-state index contributed by atoms with van der Waals surface area (Å²) in [5, 5.41) is 7.25. The van der Waals surface area contributed by atoms with Gasteiger partial charge in [-0.25, -0.2) is 0 Å². The monoisotopic (exact) mass is 248 g/mol. The Labute approximate surface area is 99.0 Å². The zero-order valence-corrected chi connectivity index (χ0v) is 9.65. The number of halogens is 2. The Morgan fingerprint density at radius 2 is 1.80 bits per heavy atom. The molecular weight excluding hydrogens is 235 g/mol. The third-order valence-electron chi connectivity index (χ3n) is 1.58. The van der Waals surface area contributed by atoms with Crippen molar-refractivity contribution in [1.82, 2.24) is 5.43 Å². The summed E-state index contributed by atoms with van der Waals surface area (Å²) in [5.41, 5.74) is 7.89. The van der Waals surface area contributed by atoms with Gasteiger partial charge < -0.3 is 5.73 Å². The van der Waals surface area contributed by atoms with Crippen LogP contribution in [0.25, 0.3) is 0 Å². The molecule has 0 aliphatic rings. The lowest BCUT2D eigenvalue weighted by molar-refractivity contribution is 0.728. The van der Waals surface area contributed by atoms with Gasteiger partial charge in [-0.2, -0.15) is 0 Å². The van der Waals surface area contributed by atoms with Crippen LogP contribution in [0.2, 0.25) is 10.0 Å². The first kappa shape index (κ1) is 14.2. The van der Waals surface area contributed by atoms with E-state index in [0.29, 0.717) is 16.6 Å². The molecule has 15 heavy (non-hydrogen) atoms. The molecule has 0 fully saturated rings. The van der Waals surface area contributed by atoms with Crippen LogP contribution in [0.15, 0.2) is 18.2 Å². The molecule has 84 valence electrons. The Morgan fingerprint density at radius 1 is 1.33 bits per heavy atom. The summed E-state index contributed by atoms with van der Waals surface area (Å²) in [7, 11) is 0. The lowest BCUT2D eigenvalue weighted by Gasteiger charge is -2.05. The van der Waals surface area contributed by atoms with Gasteiger partial charge in [-0.15, -0.1) is 0 Å². The van der Waals surface area contributed by atoms with Crippen LogP contribution in [0.5, 0.6) is 0 Å². The van der Waals surface area contributed by atoms with E-state index in [0.717, 1.165) is 18.3 Å². The van der Waals surface area contributed by atoms with E-state index in [2.05, 4.69) is 11.2 Å². The predicted molar refractivity (Wildman–Crippen MR) is 65.3 cm³/mol. The molecule has 0 saturated heterocycles. The van der Waals surface area contributed by atoms with Crippen LogP contribution in [0.1, 0.15) is 5.56 Å². The Hall–Kier alpha value is -0.810. The lowest BCUT2D eigenvalue weighted by Crippen LogP contribution is -2.24. The molecule has 0 amide bonds. The van der Waals surface area contributed by atoms with E-state index in [1.807, 2.05) is 18.2 Å². The molecule has 6 heteroatoms. The minimum Gasteiger partial charge on any atom is -0.390 e. The summed E-state index contributed by atoms with van der Waals surface area (Å²) in [6, 6.07) is 5.46. The third-order valence-corrected chi connectivity index (χ3v) is 2.29. The van der Waals surface area contributed by atoms with Crippen molar-refractivity contribution in [2.45, 2.75) is 6.42 Å². The molecular formula is C9H14Cl2N4. The quantitative estimate of drug-likeness (QED) is 0.283. The minimum atomic E-state index is 0.670. The van der Waals surface area contributed by atoms with Crippen molar-refractivity contribution in [2.75, 3.05) is 6.54 Å². The van der Waals surface area contributed by atoms with Gasteiger partial charge in [0.25, 0.3) is 0 Å². The normalized spacial score (nSPS) is 9.00. The highest BCUT2D eigenvalue weighted by Crippen LogP contribution is 2.24. The molecule has 0 heterocycles. The van der Waals surface area contributed by atoms with Crippen LogP contribution in [-0.2, 0) is 6.42 Å². The van der Waals surface area contributed by atoms with E-state index in [4.69, 9.17) is 34.5 Å². The predicted octanol–water partition coefficient (Wildman–Crippen LogP) is 1.55. The van der Waals surface area contributed by atoms with E-state index in [1.54, 1.807) is 0 Å². The zero-order valence-electron chi connectivity index (χ0n) is 8.13. The van der Waals surface area contributed by atoms with Crippen LogP contribution in [0, 0.1) is 5.41 Å². The topological polar surface area (TPSA) is 87.9 Å². The zero-order chi connectivity index (χ0) is 11.7. The van der Waals surface area contributed by atoms with Crippen molar-refractivity contribution in [3.05, 3.63) is 33.8 Å². The lowest BCUT2D eigenvalue weighted by atomic mass is 10.1. The van der Waals surface area contributed by atoms with E-state index in [-0.39, 0.29) is 0 Å². The van der Waals surface area contributed by atoms with Crippen LogP contribution in [-0.4, -0.2) is 12.9 Å². The SMILES string of the molecule is N=CN.NNCCc1c(Cl)cccc1Cl. The molecule has 1 rings (SSSR count). The molecule has 0 aliphatic carbocycles. The fourth-order valence-electron chi connectivity index (χ4n) is 0.968. The smallest absolute Gasteiger partial charge is 0.0765 e. The van der Waals surface area contributed by atoms with Gasteiger partial charge in [0, 0.05) is 16.6 Å². The van der Waals surface area contributed by atoms with E-state index < -0.39 is 0 Å². The second-order valence-electron chi connectivity index (χ2n) is 2.57. The third kappa shape index (κ3) is 5.59. The van der Waals surface area contributed by atoms with Crippen molar-refractivity contribution >= 4 is 29.5 Å². The fourth-order valence-corrected chi connectivity index (χ4v) is 1.55. The van der Waals surface area contributed by atoms with Crippen LogP contribution < -0.4 is 17.0 Å². The molecule has 0 atom stereocenters. The molecule has 1 aromatic carbocycles. The van der Waals surface area contributed by atoms with Crippen LogP contribution >= 0.6 is 23.2 Å². The van der Waals surface area contributed by atoms with Crippen molar-refractivity contribution < 1.29 is 0 Å². The van der Waals surface area contributed by atoms with Crippen molar-refractivity contribution in [3.8, 4) is 0 Å². The molecule has 4 nitrogen and oxygen atoms in total. The summed E-state index contributed by atoms with van der Waals surface area (Å²) in [4.78, 5) is 0. The van der Waals surface area contributed by atoms with Crippen molar-refractivity contribution in [2.24, 2.45) is 11.6 Å². The summed E-state index contributed by atoms with van der Waals surface area (Å²) >= 11 is 11.8. The largest absolute Gasteiger partial charge is 0.390 e. The van der Waals surface area contributed by atoms with Crippen molar-refractivity contribution in [3.63, 3.8) is 0 Å². The van der Waals surface area contributed by atoms with Gasteiger partial charge in [0.1, 0.15) is 0 Å². The molecule has 0 saturated carbocycles. The summed E-state index contributed by atoms with van der Waals surface area (Å²) in [6.45, 7) is 0.670. The first-order valence-corrected chi connectivity index (χ1v) is 5.00. The van der Waals surface area contributed by atoms with Gasteiger partial charge in [-0.05, 0) is 24.1 Å². The molecule has 0 radical (unpaired) electrons. The van der Waals surface area contributed by atoms with Gasteiger partial charge in [-0.1, -0.05) is 29.3 Å². The highest BCUT2D eigenvalue weighted by Gasteiger charge is 2.03. The van der Waals surface area contributed by atoms with E-state index >= 15 is 0 Å². The second-order valence-corrected chi connectivity index (χ2v) is 3.39. The first-order chi connectivity index (χ1) is 7.17. The van der Waals surface area contributed by atoms with Crippen LogP contribution in [0.3, 0.4) is 0 Å². The minimum absolute atomic E-state index is 0.670. The molecule has 0 bridgehead atoms. The molecule has 0 aliphatic heterocycles. The number of benzene rings is 1. The summed E-state index contributed by atoms with van der Waals surface area (Å²) in [6.07, 6.45) is 1.50. The average molecular weight is 249 g/mol. The number of hydrazine groups is 1. The maximum Gasteiger partial charge on any atom is 0.0765 e. The van der Waals surface area contributed by atoms with Crippen molar-refractivity contribution in [1.29, 1.82) is 5.41 Å². The van der Waals surface area contributed by atoms with Gasteiger partial charge in [0.15, 0.2) is 0 Å². The van der Waals surface area contributed by atoms with E-state index in [1.165, 1.54) is 0 Å². The number of rotatable bonds is 3. The number of nitrogens with two attached hydrogens (primary N) is 2. The average Bonchev–Trinajstić information content (AvgIpc) is 2.18. The van der Waals surface area contributed by atoms with Gasteiger partial charge in [0.2, 0.25) is 0 Å². The summed E-state index contributed by atoms with van der Waals surface area (Å²) in [5.74, 6) is 5.14.